The van der Waals surface area contributed by atoms with E-state index in [1.807, 2.05) is 13.0 Å². The van der Waals surface area contributed by atoms with Crippen molar-refractivity contribution in [3.63, 3.8) is 0 Å². The Bertz CT molecular complexity index is 486. The summed E-state index contributed by atoms with van der Waals surface area (Å²) in [5.41, 5.74) is 1.25. The molecule has 4 nitrogen and oxygen atoms in total. The van der Waals surface area contributed by atoms with Gasteiger partial charge in [-0.25, -0.2) is 0 Å². The maximum absolute atomic E-state index is 12.2. The molecule has 0 spiro atoms. The number of hydrogen-bond acceptors (Lipinski definition) is 3. The summed E-state index contributed by atoms with van der Waals surface area (Å²) in [6, 6.07) is 8.96. The summed E-state index contributed by atoms with van der Waals surface area (Å²) in [6.45, 7) is 3.93. The third kappa shape index (κ3) is 3.55. The highest BCUT2D eigenvalue weighted by Gasteiger charge is 2.22. The molecule has 2 rings (SSSR count). The summed E-state index contributed by atoms with van der Waals surface area (Å²) in [5, 5.41) is 11.7. The van der Waals surface area contributed by atoms with Crippen LogP contribution < -0.4 is 5.32 Å². The van der Waals surface area contributed by atoms with E-state index in [4.69, 9.17) is 5.26 Å². The molecule has 1 saturated heterocycles. The van der Waals surface area contributed by atoms with Gasteiger partial charge in [0.05, 0.1) is 17.7 Å². The SMILES string of the molecule is CC(C(=O)Nc1cccc(C#N)c1)N1CCCCC1. The van der Waals surface area contributed by atoms with E-state index in [0.717, 1.165) is 13.1 Å². The van der Waals surface area contributed by atoms with Gasteiger partial charge in [-0.15, -0.1) is 0 Å². The molecule has 1 aromatic rings. The van der Waals surface area contributed by atoms with Gasteiger partial charge in [0.2, 0.25) is 5.91 Å². The van der Waals surface area contributed by atoms with Gasteiger partial charge in [0.1, 0.15) is 0 Å². The minimum Gasteiger partial charge on any atom is -0.325 e. The van der Waals surface area contributed by atoms with Crippen molar-refractivity contribution in [1.29, 1.82) is 5.26 Å². The molecule has 0 saturated carbocycles. The number of nitriles is 1. The fourth-order valence-electron chi connectivity index (χ4n) is 2.38. The number of hydrogen-bond donors (Lipinski definition) is 1. The Morgan fingerprint density at radius 3 is 2.79 bits per heavy atom. The van der Waals surface area contributed by atoms with E-state index in [9.17, 15) is 4.79 Å². The molecule has 19 heavy (non-hydrogen) atoms. The van der Waals surface area contributed by atoms with Gasteiger partial charge in [-0.3, -0.25) is 9.69 Å². The van der Waals surface area contributed by atoms with Crippen molar-refractivity contribution >= 4 is 11.6 Å². The predicted molar refractivity (Wildman–Crippen MR) is 74.7 cm³/mol. The number of nitrogens with one attached hydrogen (secondary N) is 1. The number of carbonyl (C=O) groups excluding carboxylic acids is 1. The van der Waals surface area contributed by atoms with E-state index < -0.39 is 0 Å². The first-order valence-corrected chi connectivity index (χ1v) is 6.76. The van der Waals surface area contributed by atoms with Crippen LogP contribution in [0.5, 0.6) is 0 Å². The number of anilines is 1. The molecule has 4 heteroatoms. The molecule has 1 amide bonds. The first-order valence-electron chi connectivity index (χ1n) is 6.76. The molecular formula is C15H19N3O. The Balaban J connectivity index is 1.97. The third-order valence-electron chi connectivity index (χ3n) is 3.58. The van der Waals surface area contributed by atoms with Gasteiger partial charge in [-0.1, -0.05) is 12.5 Å². The summed E-state index contributed by atoms with van der Waals surface area (Å²) >= 11 is 0. The molecular weight excluding hydrogens is 238 g/mol. The van der Waals surface area contributed by atoms with Crippen LogP contribution >= 0.6 is 0 Å². The normalized spacial score (nSPS) is 17.5. The van der Waals surface area contributed by atoms with Crippen LogP contribution in [0.3, 0.4) is 0 Å². The maximum atomic E-state index is 12.2. The van der Waals surface area contributed by atoms with E-state index in [1.165, 1.54) is 19.3 Å². The zero-order chi connectivity index (χ0) is 13.7. The largest absolute Gasteiger partial charge is 0.325 e. The standard InChI is InChI=1S/C15H19N3O/c1-12(18-8-3-2-4-9-18)15(19)17-14-7-5-6-13(10-14)11-16/h5-7,10,12H,2-4,8-9H2,1H3,(H,17,19). The van der Waals surface area contributed by atoms with Gasteiger partial charge >= 0.3 is 0 Å². The number of piperidine rings is 1. The molecule has 1 heterocycles. The second-order valence-electron chi connectivity index (χ2n) is 4.95. The minimum atomic E-state index is -0.119. The van der Waals surface area contributed by atoms with Crippen molar-refractivity contribution in [2.45, 2.75) is 32.2 Å². The predicted octanol–water partition coefficient (Wildman–Crippen LogP) is 2.37. The van der Waals surface area contributed by atoms with Crippen LogP contribution in [-0.2, 0) is 4.79 Å². The Hall–Kier alpha value is -1.86. The summed E-state index contributed by atoms with van der Waals surface area (Å²) < 4.78 is 0. The van der Waals surface area contributed by atoms with Gasteiger partial charge in [-0.2, -0.15) is 5.26 Å². The van der Waals surface area contributed by atoms with E-state index in [0.29, 0.717) is 11.3 Å². The van der Waals surface area contributed by atoms with E-state index in [-0.39, 0.29) is 11.9 Å². The fraction of sp³-hybridized carbons (Fsp3) is 0.467. The zero-order valence-electron chi connectivity index (χ0n) is 11.2. The van der Waals surface area contributed by atoms with Gasteiger partial charge in [0.25, 0.3) is 0 Å². The first kappa shape index (κ1) is 13.6. The Kier molecular flexibility index (Phi) is 4.53. The molecule has 0 aromatic heterocycles. The van der Waals surface area contributed by atoms with Gasteiger partial charge in [-0.05, 0) is 51.1 Å². The minimum absolute atomic E-state index is 0.00279. The Morgan fingerprint density at radius 1 is 1.37 bits per heavy atom. The van der Waals surface area contributed by atoms with E-state index >= 15 is 0 Å². The van der Waals surface area contributed by atoms with Crippen LogP contribution in [0.25, 0.3) is 0 Å². The second kappa shape index (κ2) is 6.35. The molecule has 1 N–H and O–H groups in total. The van der Waals surface area contributed by atoms with Gasteiger partial charge in [0.15, 0.2) is 0 Å². The lowest BCUT2D eigenvalue weighted by Crippen LogP contribution is -2.44. The first-order chi connectivity index (χ1) is 9.20. The molecule has 1 atom stereocenters. The van der Waals surface area contributed by atoms with Crippen molar-refractivity contribution in [3.8, 4) is 6.07 Å². The molecule has 1 aliphatic rings. The highest BCUT2D eigenvalue weighted by Crippen LogP contribution is 2.15. The lowest BCUT2D eigenvalue weighted by atomic mass is 10.1. The van der Waals surface area contributed by atoms with Crippen LogP contribution in [0.1, 0.15) is 31.7 Å². The lowest BCUT2D eigenvalue weighted by molar-refractivity contribution is -0.121. The molecule has 0 radical (unpaired) electrons. The van der Waals surface area contributed by atoms with Crippen LogP contribution in [-0.4, -0.2) is 29.9 Å². The molecule has 0 bridgehead atoms. The summed E-state index contributed by atoms with van der Waals surface area (Å²) in [7, 11) is 0. The highest BCUT2D eigenvalue weighted by molar-refractivity contribution is 5.94. The average molecular weight is 257 g/mol. The summed E-state index contributed by atoms with van der Waals surface area (Å²) in [5.74, 6) is -0.00279. The van der Waals surface area contributed by atoms with Gasteiger partial charge < -0.3 is 5.32 Å². The van der Waals surface area contributed by atoms with Crippen molar-refractivity contribution in [1.82, 2.24) is 4.90 Å². The van der Waals surface area contributed by atoms with Crippen molar-refractivity contribution in [2.75, 3.05) is 18.4 Å². The average Bonchev–Trinajstić information content (AvgIpc) is 2.47. The van der Waals surface area contributed by atoms with Crippen LogP contribution in [0, 0.1) is 11.3 Å². The van der Waals surface area contributed by atoms with Crippen LogP contribution in [0.15, 0.2) is 24.3 Å². The number of likely N-dealkylation sites (tertiary alicyclic amines) is 1. The molecule has 0 aliphatic carbocycles. The number of benzene rings is 1. The number of carbonyl (C=O) groups is 1. The molecule has 1 unspecified atom stereocenters. The van der Waals surface area contributed by atoms with Gasteiger partial charge in [0, 0.05) is 5.69 Å². The van der Waals surface area contributed by atoms with Crippen LogP contribution in [0.4, 0.5) is 5.69 Å². The summed E-state index contributed by atoms with van der Waals surface area (Å²) in [4.78, 5) is 14.4. The highest BCUT2D eigenvalue weighted by atomic mass is 16.2. The molecule has 100 valence electrons. The topological polar surface area (TPSA) is 56.1 Å². The third-order valence-corrected chi connectivity index (χ3v) is 3.58. The van der Waals surface area contributed by atoms with Crippen molar-refractivity contribution in [3.05, 3.63) is 29.8 Å². The van der Waals surface area contributed by atoms with Crippen molar-refractivity contribution in [2.24, 2.45) is 0 Å². The zero-order valence-corrected chi connectivity index (χ0v) is 11.2. The molecule has 1 aliphatic heterocycles. The monoisotopic (exact) mass is 257 g/mol. The Morgan fingerprint density at radius 2 is 2.11 bits per heavy atom. The number of rotatable bonds is 3. The van der Waals surface area contributed by atoms with E-state index in [2.05, 4.69) is 16.3 Å². The number of nitrogens with zero attached hydrogens (tertiary/aromatic N) is 2. The summed E-state index contributed by atoms with van der Waals surface area (Å²) in [6.07, 6.45) is 3.60. The van der Waals surface area contributed by atoms with E-state index in [1.54, 1.807) is 18.2 Å². The lowest BCUT2D eigenvalue weighted by Gasteiger charge is -2.31. The van der Waals surface area contributed by atoms with Crippen LogP contribution in [0.2, 0.25) is 0 Å². The molecule has 1 fully saturated rings. The maximum Gasteiger partial charge on any atom is 0.241 e. The Labute approximate surface area is 114 Å². The smallest absolute Gasteiger partial charge is 0.241 e. The second-order valence-corrected chi connectivity index (χ2v) is 4.95. The molecule has 1 aromatic carbocycles. The quantitative estimate of drug-likeness (QED) is 0.904. The fourth-order valence-corrected chi connectivity index (χ4v) is 2.38. The van der Waals surface area contributed by atoms with Crippen molar-refractivity contribution < 1.29 is 4.79 Å². The number of amides is 1.